The maximum Gasteiger partial charge on any atom is 0.343 e. The maximum absolute atomic E-state index is 12.2. The van der Waals surface area contributed by atoms with Crippen LogP contribution < -0.4 is 14.2 Å². The average molecular weight is 332 g/mol. The Labute approximate surface area is 139 Å². The molecule has 2 aromatic carbocycles. The summed E-state index contributed by atoms with van der Waals surface area (Å²) in [5.74, 6) is 0.389. The van der Waals surface area contributed by atoms with Crippen molar-refractivity contribution in [3.63, 3.8) is 0 Å². The Morgan fingerprint density at radius 3 is 2.52 bits per heavy atom. The van der Waals surface area contributed by atoms with Gasteiger partial charge in [0.1, 0.15) is 5.75 Å². The number of ether oxygens (including phenoxy) is 3. The van der Waals surface area contributed by atoms with E-state index in [2.05, 4.69) is 0 Å². The summed E-state index contributed by atoms with van der Waals surface area (Å²) in [4.78, 5) is 12.2. The highest BCUT2D eigenvalue weighted by atomic mass is 35.5. The first-order chi connectivity index (χ1) is 11.1. The Hall–Kier alpha value is -2.71. The van der Waals surface area contributed by atoms with Gasteiger partial charge in [-0.2, -0.15) is 5.26 Å². The Kier molecular flexibility index (Phi) is 5.45. The Bertz CT molecular complexity index is 750. The highest BCUT2D eigenvalue weighted by Crippen LogP contribution is 2.37. The molecule has 0 aromatic heterocycles. The van der Waals surface area contributed by atoms with E-state index in [9.17, 15) is 4.79 Å². The third-order valence-corrected chi connectivity index (χ3v) is 3.24. The molecular formula is C17H14ClNO4. The summed E-state index contributed by atoms with van der Waals surface area (Å²) in [7, 11) is 1.54. The second kappa shape index (κ2) is 7.52. The second-order valence-corrected chi connectivity index (χ2v) is 4.86. The predicted octanol–water partition coefficient (Wildman–Crippen LogP) is 3.84. The van der Waals surface area contributed by atoms with Crippen LogP contribution in [0.3, 0.4) is 0 Å². The molecule has 2 aromatic rings. The smallest absolute Gasteiger partial charge is 0.343 e. The van der Waals surface area contributed by atoms with Gasteiger partial charge in [0, 0.05) is 6.07 Å². The molecule has 6 heteroatoms. The molecule has 0 saturated carbocycles. The van der Waals surface area contributed by atoms with E-state index in [-0.39, 0.29) is 16.5 Å². The predicted molar refractivity (Wildman–Crippen MR) is 85.3 cm³/mol. The fourth-order valence-electron chi connectivity index (χ4n) is 1.87. The third-order valence-electron chi connectivity index (χ3n) is 2.96. The molecule has 0 radical (unpaired) electrons. The number of hydrogen-bond acceptors (Lipinski definition) is 5. The molecule has 0 amide bonds. The molecule has 118 valence electrons. The number of carbonyl (C=O) groups is 1. The van der Waals surface area contributed by atoms with Gasteiger partial charge in [0.25, 0.3) is 0 Å². The number of methoxy groups -OCH3 is 1. The molecular weight excluding hydrogens is 318 g/mol. The largest absolute Gasteiger partial charge is 0.497 e. The SMILES string of the molecule is CCOc1cc(C#N)cc(Cl)c1OC(=O)c1ccc(OC)cc1. The number of carbonyl (C=O) groups excluding carboxylic acids is 1. The van der Waals surface area contributed by atoms with Gasteiger partial charge in [-0.15, -0.1) is 0 Å². The molecule has 23 heavy (non-hydrogen) atoms. The molecule has 0 aliphatic carbocycles. The number of rotatable bonds is 5. The molecule has 0 aliphatic rings. The van der Waals surface area contributed by atoms with Crippen molar-refractivity contribution in [2.24, 2.45) is 0 Å². The van der Waals surface area contributed by atoms with Crippen molar-refractivity contribution in [1.82, 2.24) is 0 Å². The van der Waals surface area contributed by atoms with Crippen LogP contribution in [0.4, 0.5) is 0 Å². The lowest BCUT2D eigenvalue weighted by molar-refractivity contribution is 0.0728. The quantitative estimate of drug-likeness (QED) is 0.615. The first kappa shape index (κ1) is 16.7. The molecule has 2 rings (SSSR count). The van der Waals surface area contributed by atoms with Gasteiger partial charge in [-0.1, -0.05) is 11.6 Å². The number of halogens is 1. The molecule has 0 atom stereocenters. The fraction of sp³-hybridized carbons (Fsp3) is 0.176. The fourth-order valence-corrected chi connectivity index (χ4v) is 2.12. The van der Waals surface area contributed by atoms with Crippen molar-refractivity contribution in [1.29, 1.82) is 5.26 Å². The minimum absolute atomic E-state index is 0.0911. The minimum atomic E-state index is -0.583. The normalized spacial score (nSPS) is 9.83. The van der Waals surface area contributed by atoms with Gasteiger partial charge in [0.2, 0.25) is 0 Å². The lowest BCUT2D eigenvalue weighted by Gasteiger charge is -2.12. The monoisotopic (exact) mass is 331 g/mol. The van der Waals surface area contributed by atoms with Gasteiger partial charge in [-0.05, 0) is 37.3 Å². The zero-order valence-corrected chi connectivity index (χ0v) is 13.4. The zero-order valence-electron chi connectivity index (χ0n) is 12.6. The summed E-state index contributed by atoms with van der Waals surface area (Å²) in [6.07, 6.45) is 0. The number of nitrogens with zero attached hydrogens (tertiary/aromatic N) is 1. The summed E-state index contributed by atoms with van der Waals surface area (Å²) in [6, 6.07) is 11.3. The van der Waals surface area contributed by atoms with Gasteiger partial charge < -0.3 is 14.2 Å². The van der Waals surface area contributed by atoms with Crippen LogP contribution in [-0.4, -0.2) is 19.7 Å². The van der Waals surface area contributed by atoms with Gasteiger partial charge in [-0.25, -0.2) is 4.79 Å². The summed E-state index contributed by atoms with van der Waals surface area (Å²) < 4.78 is 15.8. The van der Waals surface area contributed by atoms with E-state index in [0.717, 1.165) is 0 Å². The van der Waals surface area contributed by atoms with Crippen molar-refractivity contribution in [2.45, 2.75) is 6.92 Å². The van der Waals surface area contributed by atoms with Crippen molar-refractivity contribution >= 4 is 17.6 Å². The van der Waals surface area contributed by atoms with Crippen LogP contribution >= 0.6 is 11.6 Å². The van der Waals surface area contributed by atoms with E-state index in [4.69, 9.17) is 31.1 Å². The lowest BCUT2D eigenvalue weighted by atomic mass is 10.2. The zero-order chi connectivity index (χ0) is 16.8. The highest BCUT2D eigenvalue weighted by Gasteiger charge is 2.17. The van der Waals surface area contributed by atoms with Crippen molar-refractivity contribution in [2.75, 3.05) is 13.7 Å². The first-order valence-corrected chi connectivity index (χ1v) is 7.19. The van der Waals surface area contributed by atoms with Gasteiger partial charge in [-0.3, -0.25) is 0 Å². The molecule has 0 fully saturated rings. The average Bonchev–Trinajstić information content (AvgIpc) is 2.57. The number of esters is 1. The molecule has 0 aliphatic heterocycles. The molecule has 0 spiro atoms. The number of benzene rings is 2. The van der Waals surface area contributed by atoms with Crippen LogP contribution in [0.5, 0.6) is 17.2 Å². The van der Waals surface area contributed by atoms with Crippen LogP contribution in [0.25, 0.3) is 0 Å². The van der Waals surface area contributed by atoms with Gasteiger partial charge in [0.15, 0.2) is 11.5 Å². The van der Waals surface area contributed by atoms with E-state index < -0.39 is 5.97 Å². The van der Waals surface area contributed by atoms with Crippen LogP contribution in [0, 0.1) is 11.3 Å². The van der Waals surface area contributed by atoms with E-state index in [1.165, 1.54) is 19.2 Å². The van der Waals surface area contributed by atoms with Crippen LogP contribution in [0.1, 0.15) is 22.8 Å². The molecule has 0 heterocycles. The topological polar surface area (TPSA) is 68.5 Å². The summed E-state index contributed by atoms with van der Waals surface area (Å²) in [5.41, 5.74) is 0.663. The van der Waals surface area contributed by atoms with E-state index in [0.29, 0.717) is 23.5 Å². The van der Waals surface area contributed by atoms with E-state index in [1.54, 1.807) is 31.2 Å². The third kappa shape index (κ3) is 3.93. The van der Waals surface area contributed by atoms with Gasteiger partial charge >= 0.3 is 5.97 Å². The summed E-state index contributed by atoms with van der Waals surface area (Å²) in [6.45, 7) is 2.13. The lowest BCUT2D eigenvalue weighted by Crippen LogP contribution is -2.10. The van der Waals surface area contributed by atoms with Crippen molar-refractivity contribution < 1.29 is 19.0 Å². The Morgan fingerprint density at radius 2 is 1.96 bits per heavy atom. The van der Waals surface area contributed by atoms with Crippen LogP contribution in [0.15, 0.2) is 36.4 Å². The maximum atomic E-state index is 12.2. The van der Waals surface area contributed by atoms with Gasteiger partial charge in [0.05, 0.1) is 35.9 Å². The Morgan fingerprint density at radius 1 is 1.26 bits per heavy atom. The molecule has 5 nitrogen and oxygen atoms in total. The first-order valence-electron chi connectivity index (χ1n) is 6.81. The van der Waals surface area contributed by atoms with Crippen molar-refractivity contribution in [3.05, 3.63) is 52.5 Å². The molecule has 0 bridgehead atoms. The van der Waals surface area contributed by atoms with E-state index in [1.807, 2.05) is 6.07 Å². The summed E-state index contributed by atoms with van der Waals surface area (Å²) >= 11 is 6.10. The number of hydrogen-bond donors (Lipinski definition) is 0. The molecule has 0 N–H and O–H groups in total. The van der Waals surface area contributed by atoms with Crippen LogP contribution in [0.2, 0.25) is 5.02 Å². The highest BCUT2D eigenvalue weighted by molar-refractivity contribution is 6.32. The van der Waals surface area contributed by atoms with Crippen LogP contribution in [-0.2, 0) is 0 Å². The van der Waals surface area contributed by atoms with Crippen molar-refractivity contribution in [3.8, 4) is 23.3 Å². The minimum Gasteiger partial charge on any atom is -0.497 e. The summed E-state index contributed by atoms with van der Waals surface area (Å²) in [5, 5.41) is 9.10. The Balaban J connectivity index is 2.30. The molecule has 0 saturated heterocycles. The second-order valence-electron chi connectivity index (χ2n) is 4.45. The number of nitriles is 1. The molecule has 0 unspecified atom stereocenters. The standard InChI is InChI=1S/C17H14ClNO4/c1-3-22-15-9-11(10-19)8-14(18)16(15)23-17(20)12-4-6-13(21-2)7-5-12/h4-9H,3H2,1-2H3. The van der Waals surface area contributed by atoms with E-state index >= 15 is 0 Å².